The molecule has 16 N–H and O–H groups in total. The van der Waals surface area contributed by atoms with E-state index in [1.807, 2.05) is 5.32 Å². The number of aliphatic carboxylic acids is 3. The molecule has 28 nitrogen and oxygen atoms in total. The highest BCUT2D eigenvalue weighted by Gasteiger charge is 2.27. The zero-order valence-corrected chi connectivity index (χ0v) is 42.3. The molecule has 0 aromatic heterocycles. The molecule has 2 aliphatic rings. The fraction of sp³-hybridized carbons (Fsp3) is 0.440. The number of carboxylic acids is 3. The van der Waals surface area contributed by atoms with Gasteiger partial charge in [-0.25, -0.2) is 24.0 Å². The minimum absolute atomic E-state index is 0.0142. The zero-order valence-electron chi connectivity index (χ0n) is 42.3. The first-order chi connectivity index (χ1) is 37.3. The number of benzene rings is 3. The molecule has 1 aliphatic carbocycles. The maximum Gasteiger partial charge on any atom is 0.326 e. The van der Waals surface area contributed by atoms with Crippen molar-refractivity contribution in [2.75, 3.05) is 57.9 Å². The van der Waals surface area contributed by atoms with E-state index in [2.05, 4.69) is 42.5 Å². The van der Waals surface area contributed by atoms with Gasteiger partial charge in [-0.05, 0) is 87.8 Å². The number of hydrogen-bond acceptors (Lipinski definition) is 16. The lowest BCUT2D eigenvalue weighted by molar-refractivity contribution is -0.141. The van der Waals surface area contributed by atoms with Gasteiger partial charge in [0.2, 0.25) is 17.7 Å². The van der Waals surface area contributed by atoms with E-state index < -0.39 is 91.4 Å². The Morgan fingerprint density at radius 1 is 0.564 bits per heavy atom. The first-order valence-corrected chi connectivity index (χ1v) is 24.8. The number of nitrogens with one attached hydrogen (secondary N) is 9. The Morgan fingerprint density at radius 3 is 1.82 bits per heavy atom. The number of unbranched alkanes of at least 4 members (excludes halogenated alkanes) is 2. The molecule has 0 fully saturated rings. The van der Waals surface area contributed by atoms with Crippen LogP contribution in [0.25, 0.3) is 33.4 Å². The number of ether oxygens (including phenoxy) is 1. The summed E-state index contributed by atoms with van der Waals surface area (Å²) in [5.41, 5.74) is 1.42. The van der Waals surface area contributed by atoms with E-state index in [0.717, 1.165) is 0 Å². The fourth-order valence-electron chi connectivity index (χ4n) is 7.65. The van der Waals surface area contributed by atoms with Gasteiger partial charge in [0.05, 0.1) is 19.8 Å². The van der Waals surface area contributed by atoms with Crippen LogP contribution in [-0.2, 0) is 33.5 Å². The Morgan fingerprint density at radius 2 is 1.17 bits per heavy atom. The number of anilines is 1. The number of amides is 9. The number of carbonyl (C=O) groups is 9. The zero-order chi connectivity index (χ0) is 57.1. The van der Waals surface area contributed by atoms with Crippen LogP contribution >= 0.6 is 0 Å². The van der Waals surface area contributed by atoms with Crippen molar-refractivity contribution >= 4 is 70.4 Å². The van der Waals surface area contributed by atoms with Gasteiger partial charge >= 0.3 is 36.0 Å². The Balaban J connectivity index is 1.21. The van der Waals surface area contributed by atoms with Crippen LogP contribution in [0.15, 0.2) is 63.8 Å². The minimum Gasteiger partial charge on any atom is -0.508 e. The molecule has 424 valence electrons. The van der Waals surface area contributed by atoms with E-state index in [-0.39, 0.29) is 118 Å². The van der Waals surface area contributed by atoms with E-state index in [9.17, 15) is 73.5 Å². The number of urea groups is 3. The average Bonchev–Trinajstić information content (AvgIpc) is 3.47. The van der Waals surface area contributed by atoms with Crippen molar-refractivity contribution < 1.29 is 88.1 Å². The summed E-state index contributed by atoms with van der Waals surface area (Å²) in [4.78, 5) is 122. The quantitative estimate of drug-likeness (QED) is 0.0230. The predicted molar refractivity (Wildman–Crippen MR) is 276 cm³/mol. The number of aliphatic hydroxyl groups excluding tert-OH is 2. The van der Waals surface area contributed by atoms with Crippen LogP contribution in [0.4, 0.5) is 20.1 Å². The van der Waals surface area contributed by atoms with E-state index in [1.54, 1.807) is 18.2 Å². The molecule has 0 radical (unpaired) electrons. The maximum atomic E-state index is 13.4. The van der Waals surface area contributed by atoms with Crippen molar-refractivity contribution in [1.29, 1.82) is 0 Å². The molecule has 4 unspecified atom stereocenters. The number of aromatic hydroxyl groups is 2. The van der Waals surface area contributed by atoms with Crippen molar-refractivity contribution in [3.05, 3.63) is 64.8 Å². The Kier molecular flexibility index (Phi) is 25.3. The number of carbonyl (C=O) groups excluding carboxylic acids is 6. The molecule has 4 atom stereocenters. The lowest BCUT2D eigenvalue weighted by atomic mass is 9.93. The van der Waals surface area contributed by atoms with Crippen molar-refractivity contribution in [2.45, 2.75) is 88.4 Å². The van der Waals surface area contributed by atoms with Crippen LogP contribution in [0.2, 0.25) is 0 Å². The molecule has 1 heterocycles. The Hall–Kier alpha value is -8.76. The van der Waals surface area contributed by atoms with Crippen LogP contribution in [0.5, 0.6) is 11.5 Å². The van der Waals surface area contributed by atoms with Crippen LogP contribution in [-0.4, -0.2) is 166 Å². The lowest BCUT2D eigenvalue weighted by Gasteiger charge is -2.20. The first kappa shape index (κ1) is 61.8. The van der Waals surface area contributed by atoms with Gasteiger partial charge < -0.3 is 92.8 Å². The normalized spacial score (nSPS) is 12.5. The number of carboxylic acid groups (broad SMARTS) is 3. The second kappa shape index (κ2) is 32.0. The fourth-order valence-corrected chi connectivity index (χ4v) is 7.65. The molecule has 0 saturated carbocycles. The highest BCUT2D eigenvalue weighted by molar-refractivity contribution is 6.04. The monoisotopic (exact) mass is 1100 g/mol. The summed E-state index contributed by atoms with van der Waals surface area (Å²) in [5.74, 6) is -5.92. The summed E-state index contributed by atoms with van der Waals surface area (Å²) in [6.45, 7) is -0.800. The number of rotatable bonds is 33. The third-order valence-electron chi connectivity index (χ3n) is 11.6. The van der Waals surface area contributed by atoms with E-state index >= 15 is 0 Å². The van der Waals surface area contributed by atoms with Gasteiger partial charge in [-0.2, -0.15) is 0 Å². The number of phenolic OH excluding ortho intramolecular Hbond substituents is 2. The lowest BCUT2D eigenvalue weighted by Crippen LogP contribution is -2.52. The number of fused-ring (bicyclic) bond motifs is 2. The second-order valence-electron chi connectivity index (χ2n) is 17.5. The molecule has 2 aromatic rings. The topological polar surface area (TPSA) is 443 Å². The third-order valence-corrected chi connectivity index (χ3v) is 11.6. The number of phenols is 2. The summed E-state index contributed by atoms with van der Waals surface area (Å²) in [6, 6.07) is 4.76. The molecule has 9 amide bonds. The van der Waals surface area contributed by atoms with Crippen LogP contribution in [0.3, 0.4) is 0 Å². The van der Waals surface area contributed by atoms with Gasteiger partial charge in [0.25, 0.3) is 0 Å². The first-order valence-electron chi connectivity index (χ1n) is 24.8. The van der Waals surface area contributed by atoms with Crippen LogP contribution in [0.1, 0.15) is 64.2 Å². The van der Waals surface area contributed by atoms with Gasteiger partial charge in [0.15, 0.2) is 5.43 Å². The Labute approximate surface area is 445 Å². The highest BCUT2D eigenvalue weighted by atomic mass is 16.5. The number of aliphatic hydroxyl groups is 2. The smallest absolute Gasteiger partial charge is 0.326 e. The summed E-state index contributed by atoms with van der Waals surface area (Å²) in [6.07, 6.45) is 0.694. The molecule has 1 aliphatic heterocycles. The molecule has 0 saturated heterocycles. The molecule has 0 bridgehead atoms. The molecule has 78 heavy (non-hydrogen) atoms. The van der Waals surface area contributed by atoms with Gasteiger partial charge in [-0.1, -0.05) is 0 Å². The SMILES string of the molecule is O=C(O)CCC(NC(=O)NC(CCCCNC(=O)C(CO)NC(=O)NCCOCCNC(=O)C(CCCCNC(=O)CCCO)NC(=O)Nc1ccc(-c2c3ccc(=O)cc-3oc3cc(O)ccc23)c(O)c1)C(=O)O)C(=O)O. The van der Waals surface area contributed by atoms with Crippen molar-refractivity contribution in [3.63, 3.8) is 0 Å². The largest absolute Gasteiger partial charge is 0.508 e. The molecular formula is C50H65N9O19. The predicted octanol–water partition coefficient (Wildman–Crippen LogP) is 0.675. The van der Waals surface area contributed by atoms with Gasteiger partial charge in [-0.15, -0.1) is 0 Å². The van der Waals surface area contributed by atoms with Crippen molar-refractivity contribution in [2.24, 2.45) is 0 Å². The van der Waals surface area contributed by atoms with Gasteiger partial charge in [-0.3, -0.25) is 24.0 Å². The highest BCUT2D eigenvalue weighted by Crippen LogP contribution is 2.44. The standard InChI is InChI=1S/C50H65N9O19/c60-21-5-8-41(65)51-17-3-1-6-34(56-49(75)55-28-9-12-31(38(64)24-28)43-32-13-10-29(62)25-39(32)78-40-26-30(63)11-14-33(40)43)44(68)53-19-22-77-23-20-54-48(74)59-37(27-61)45(69)52-18-4-2-7-35(46(70)71)57-50(76)58-36(47(72)73)15-16-42(66)67/h9-14,24-26,34-37,60-62,64H,1-8,15-23,27H2,(H,51,65)(H,52,69)(H,53,68)(H,66,67)(H,70,71)(H,72,73)(H2,54,59,74)(H2,55,56,75)(H2,57,58,76). The van der Waals surface area contributed by atoms with E-state index in [1.165, 1.54) is 36.4 Å². The molecule has 2 aromatic carbocycles. The second-order valence-corrected chi connectivity index (χ2v) is 17.5. The molecule has 4 rings (SSSR count). The molecular weight excluding hydrogens is 1030 g/mol. The van der Waals surface area contributed by atoms with Crippen molar-refractivity contribution in [3.8, 4) is 33.9 Å². The average molecular weight is 1100 g/mol. The maximum absolute atomic E-state index is 13.4. The summed E-state index contributed by atoms with van der Waals surface area (Å²) in [7, 11) is 0. The van der Waals surface area contributed by atoms with Gasteiger partial charge in [0.1, 0.15) is 47.0 Å². The number of hydrogen-bond donors (Lipinski definition) is 16. The Bertz CT molecular complexity index is 2760. The summed E-state index contributed by atoms with van der Waals surface area (Å²) in [5, 5.41) is 90.1. The van der Waals surface area contributed by atoms with Crippen LogP contribution in [0, 0.1) is 0 Å². The summed E-state index contributed by atoms with van der Waals surface area (Å²) >= 11 is 0. The van der Waals surface area contributed by atoms with E-state index in [0.29, 0.717) is 41.3 Å². The minimum atomic E-state index is -1.57. The van der Waals surface area contributed by atoms with Crippen LogP contribution < -0.4 is 53.3 Å². The molecule has 28 heteroatoms. The molecule has 0 spiro atoms. The van der Waals surface area contributed by atoms with Gasteiger partial charge in [0, 0.05) is 91.6 Å². The summed E-state index contributed by atoms with van der Waals surface area (Å²) < 4.78 is 11.4. The third kappa shape index (κ3) is 20.8. The van der Waals surface area contributed by atoms with E-state index in [4.69, 9.17) is 19.4 Å². The van der Waals surface area contributed by atoms with Crippen molar-refractivity contribution in [1.82, 2.24) is 42.5 Å².